The van der Waals surface area contributed by atoms with Gasteiger partial charge in [-0.1, -0.05) is 12.1 Å². The highest BCUT2D eigenvalue weighted by atomic mass is 32.1. The topological polar surface area (TPSA) is 118 Å². The monoisotopic (exact) mass is 420 g/mol. The summed E-state index contributed by atoms with van der Waals surface area (Å²) < 4.78 is 0. The Morgan fingerprint density at radius 2 is 2.10 bits per heavy atom. The molecule has 150 valence electrons. The summed E-state index contributed by atoms with van der Waals surface area (Å²) >= 11 is 1.46. The number of fused-ring (bicyclic) bond motifs is 1. The molecule has 0 saturated heterocycles. The highest BCUT2D eigenvalue weighted by Crippen LogP contribution is 2.30. The molecule has 0 aliphatic rings. The van der Waals surface area contributed by atoms with Crippen LogP contribution in [0.2, 0.25) is 0 Å². The number of aromatic carboxylic acids is 1. The Kier molecular flexibility index (Phi) is 5.11. The maximum atomic E-state index is 11.9. The molecule has 0 saturated carbocycles. The molecule has 9 heteroatoms. The van der Waals surface area contributed by atoms with Crippen molar-refractivity contribution in [2.75, 3.05) is 5.32 Å². The number of carbonyl (C=O) groups is 1. The van der Waals surface area contributed by atoms with Crippen LogP contribution in [-0.4, -0.2) is 26.0 Å². The van der Waals surface area contributed by atoms with Gasteiger partial charge in [-0.25, -0.2) is 14.8 Å². The Morgan fingerprint density at radius 3 is 2.87 bits per heavy atom. The summed E-state index contributed by atoms with van der Waals surface area (Å²) in [4.78, 5) is 32.1. The number of carboxylic acids is 1. The number of nitrogens with one attached hydrogen (secondary N) is 1. The van der Waals surface area contributed by atoms with E-state index in [9.17, 15) is 20.0 Å². The first-order chi connectivity index (χ1) is 14.4. The van der Waals surface area contributed by atoms with E-state index in [4.69, 9.17) is 0 Å². The third-order valence-electron chi connectivity index (χ3n) is 4.62. The lowest BCUT2D eigenvalue weighted by molar-refractivity contribution is -0.384. The van der Waals surface area contributed by atoms with E-state index in [1.165, 1.54) is 23.5 Å². The predicted molar refractivity (Wildman–Crippen MR) is 115 cm³/mol. The molecule has 0 aliphatic heterocycles. The third kappa shape index (κ3) is 3.83. The summed E-state index contributed by atoms with van der Waals surface area (Å²) in [5, 5.41) is 26.7. The van der Waals surface area contributed by atoms with Gasteiger partial charge < -0.3 is 10.4 Å². The standard InChI is InChI=1S/C21H16N4O4S/c1-12-7-15(22-10-13-3-2-4-16(8-13)25(28)29)9-17(18(12)21(26)27)19-23-11-14-5-6-30-20(14)24-19/h2-9,11,22H,10H2,1H3,(H,26,27). The van der Waals surface area contributed by atoms with Gasteiger partial charge in [0, 0.05) is 41.5 Å². The zero-order valence-corrected chi connectivity index (χ0v) is 16.6. The van der Waals surface area contributed by atoms with Crippen LogP contribution in [0.3, 0.4) is 0 Å². The van der Waals surface area contributed by atoms with Gasteiger partial charge in [0.15, 0.2) is 5.82 Å². The molecular formula is C21H16N4O4S. The van der Waals surface area contributed by atoms with E-state index in [-0.39, 0.29) is 11.3 Å². The molecule has 4 rings (SSSR count). The van der Waals surface area contributed by atoms with Gasteiger partial charge in [-0.3, -0.25) is 10.1 Å². The highest BCUT2D eigenvalue weighted by Gasteiger charge is 2.19. The van der Waals surface area contributed by atoms with Crippen LogP contribution >= 0.6 is 11.3 Å². The van der Waals surface area contributed by atoms with Crippen molar-refractivity contribution in [3.05, 3.63) is 80.8 Å². The minimum Gasteiger partial charge on any atom is -0.478 e. The van der Waals surface area contributed by atoms with Gasteiger partial charge in [-0.05, 0) is 41.6 Å². The van der Waals surface area contributed by atoms with E-state index in [0.717, 1.165) is 15.8 Å². The Morgan fingerprint density at radius 1 is 1.27 bits per heavy atom. The van der Waals surface area contributed by atoms with Gasteiger partial charge in [-0.2, -0.15) is 0 Å². The Hall–Kier alpha value is -3.85. The van der Waals surface area contributed by atoms with Crippen LogP contribution < -0.4 is 5.32 Å². The molecule has 0 unspecified atom stereocenters. The summed E-state index contributed by atoms with van der Waals surface area (Å²) in [6.07, 6.45) is 1.68. The van der Waals surface area contributed by atoms with Crippen LogP contribution in [0, 0.1) is 17.0 Å². The van der Waals surface area contributed by atoms with Gasteiger partial charge in [-0.15, -0.1) is 11.3 Å². The summed E-state index contributed by atoms with van der Waals surface area (Å²) in [6.45, 7) is 2.06. The van der Waals surface area contributed by atoms with Gasteiger partial charge >= 0.3 is 5.97 Å². The maximum absolute atomic E-state index is 11.9. The summed E-state index contributed by atoms with van der Waals surface area (Å²) in [5.41, 5.74) is 2.56. The van der Waals surface area contributed by atoms with Gasteiger partial charge in [0.05, 0.1) is 10.5 Å². The Labute approximate surface area is 175 Å². The number of nitro groups is 1. The number of aryl methyl sites for hydroxylation is 1. The van der Waals surface area contributed by atoms with Crippen molar-refractivity contribution in [3.63, 3.8) is 0 Å². The molecule has 0 spiro atoms. The predicted octanol–water partition coefficient (Wildman–Crippen LogP) is 4.89. The zero-order chi connectivity index (χ0) is 21.3. The molecule has 0 radical (unpaired) electrons. The van der Waals surface area contributed by atoms with E-state index in [1.54, 1.807) is 37.4 Å². The molecule has 0 aliphatic carbocycles. The fourth-order valence-electron chi connectivity index (χ4n) is 3.22. The number of aromatic nitrogens is 2. The first-order valence-electron chi connectivity index (χ1n) is 8.98. The number of benzene rings is 2. The van der Waals surface area contributed by atoms with E-state index < -0.39 is 10.9 Å². The quantitative estimate of drug-likeness (QED) is 0.337. The second kappa shape index (κ2) is 7.88. The molecule has 2 aromatic carbocycles. The van der Waals surface area contributed by atoms with Gasteiger partial charge in [0.1, 0.15) is 4.83 Å². The first kappa shape index (κ1) is 19.5. The number of hydrogen-bond donors (Lipinski definition) is 2. The number of nitro benzene ring substituents is 1. The fourth-order valence-corrected chi connectivity index (χ4v) is 3.96. The van der Waals surface area contributed by atoms with Crippen LogP contribution in [0.1, 0.15) is 21.5 Å². The normalized spacial score (nSPS) is 10.8. The van der Waals surface area contributed by atoms with Gasteiger partial charge in [0.2, 0.25) is 0 Å². The van der Waals surface area contributed by atoms with Crippen LogP contribution in [0.25, 0.3) is 21.6 Å². The molecule has 30 heavy (non-hydrogen) atoms. The fraction of sp³-hybridized carbons (Fsp3) is 0.0952. The van der Waals surface area contributed by atoms with Crippen LogP contribution in [0.4, 0.5) is 11.4 Å². The molecule has 2 heterocycles. The molecule has 0 bridgehead atoms. The zero-order valence-electron chi connectivity index (χ0n) is 15.8. The Bertz CT molecular complexity index is 1290. The van der Waals surface area contributed by atoms with Crippen molar-refractivity contribution in [1.82, 2.24) is 9.97 Å². The summed E-state index contributed by atoms with van der Waals surface area (Å²) in [5.74, 6) is -0.716. The first-order valence-corrected chi connectivity index (χ1v) is 9.86. The molecular weight excluding hydrogens is 404 g/mol. The molecule has 4 aromatic rings. The molecule has 0 amide bonds. The number of carboxylic acid groups (broad SMARTS) is 1. The van der Waals surface area contributed by atoms with Crippen LogP contribution in [0.5, 0.6) is 0 Å². The second-order valence-corrected chi connectivity index (χ2v) is 7.57. The Balaban J connectivity index is 1.70. The summed E-state index contributed by atoms with van der Waals surface area (Å²) in [6, 6.07) is 11.7. The average molecular weight is 420 g/mol. The number of hydrogen-bond acceptors (Lipinski definition) is 7. The van der Waals surface area contributed by atoms with Gasteiger partial charge in [0.25, 0.3) is 5.69 Å². The lowest BCUT2D eigenvalue weighted by Gasteiger charge is -2.13. The molecule has 2 N–H and O–H groups in total. The lowest BCUT2D eigenvalue weighted by Crippen LogP contribution is -2.07. The molecule has 8 nitrogen and oxygen atoms in total. The lowest BCUT2D eigenvalue weighted by atomic mass is 10.00. The summed E-state index contributed by atoms with van der Waals surface area (Å²) in [7, 11) is 0. The number of nitrogens with zero attached hydrogens (tertiary/aromatic N) is 3. The maximum Gasteiger partial charge on any atom is 0.336 e. The average Bonchev–Trinajstić information content (AvgIpc) is 3.19. The number of thiophene rings is 1. The largest absolute Gasteiger partial charge is 0.478 e. The SMILES string of the molecule is Cc1cc(NCc2cccc([N+](=O)[O-])c2)cc(-c2ncc3ccsc3n2)c1C(=O)O. The minimum absolute atomic E-state index is 0.0186. The molecule has 2 aromatic heterocycles. The van der Waals surface area contributed by atoms with E-state index in [2.05, 4.69) is 15.3 Å². The molecule has 0 fully saturated rings. The number of anilines is 1. The number of rotatable bonds is 6. The molecule has 0 atom stereocenters. The van der Waals surface area contributed by atoms with Crippen molar-refractivity contribution in [1.29, 1.82) is 0 Å². The van der Waals surface area contributed by atoms with Crippen molar-refractivity contribution < 1.29 is 14.8 Å². The highest BCUT2D eigenvalue weighted by molar-refractivity contribution is 7.16. The van der Waals surface area contributed by atoms with Crippen molar-refractivity contribution >= 4 is 38.9 Å². The van der Waals surface area contributed by atoms with Crippen LogP contribution in [0.15, 0.2) is 54.0 Å². The number of non-ortho nitro benzene ring substituents is 1. The van der Waals surface area contributed by atoms with E-state index in [1.807, 2.05) is 11.4 Å². The third-order valence-corrected chi connectivity index (χ3v) is 5.44. The van der Waals surface area contributed by atoms with Crippen molar-refractivity contribution in [2.24, 2.45) is 0 Å². The smallest absolute Gasteiger partial charge is 0.336 e. The minimum atomic E-state index is -1.05. The van der Waals surface area contributed by atoms with E-state index in [0.29, 0.717) is 29.2 Å². The van der Waals surface area contributed by atoms with Crippen molar-refractivity contribution in [3.8, 4) is 11.4 Å². The van der Waals surface area contributed by atoms with E-state index >= 15 is 0 Å². The van der Waals surface area contributed by atoms with Crippen LogP contribution in [-0.2, 0) is 6.54 Å². The second-order valence-electron chi connectivity index (χ2n) is 6.68. The van der Waals surface area contributed by atoms with Crippen molar-refractivity contribution in [2.45, 2.75) is 13.5 Å².